The molecule has 1 aliphatic rings. The van der Waals surface area contributed by atoms with Gasteiger partial charge in [-0.25, -0.2) is 0 Å². The summed E-state index contributed by atoms with van der Waals surface area (Å²) in [5.41, 5.74) is 1.28. The monoisotopic (exact) mass is 248 g/mol. The van der Waals surface area contributed by atoms with Crippen LogP contribution in [0.15, 0.2) is 24.5 Å². The van der Waals surface area contributed by atoms with Crippen molar-refractivity contribution in [3.05, 3.63) is 30.1 Å². The molecule has 0 aliphatic heterocycles. The summed E-state index contributed by atoms with van der Waals surface area (Å²) in [4.78, 5) is 14.7. The fourth-order valence-corrected chi connectivity index (χ4v) is 2.25. The van der Waals surface area contributed by atoms with Gasteiger partial charge in [-0.3, -0.25) is 9.78 Å². The van der Waals surface area contributed by atoms with Crippen LogP contribution in [0.5, 0.6) is 0 Å². The molecule has 98 valence electrons. The molecule has 1 aromatic heterocycles. The Labute approximate surface area is 107 Å². The molecular weight excluding hydrogens is 228 g/mol. The van der Waals surface area contributed by atoms with Gasteiger partial charge in [0.25, 0.3) is 0 Å². The predicted octanol–water partition coefficient (Wildman–Crippen LogP) is 1.67. The van der Waals surface area contributed by atoms with Crippen LogP contribution in [-0.4, -0.2) is 29.1 Å². The summed E-state index contributed by atoms with van der Waals surface area (Å²) < 4.78 is 0. The maximum Gasteiger partial charge on any atom is 0.306 e. The van der Waals surface area contributed by atoms with Crippen molar-refractivity contribution in [2.45, 2.75) is 25.7 Å². The number of aliphatic carboxylic acids is 1. The number of nitrogens with zero attached hydrogens (tertiary/aromatic N) is 1. The van der Waals surface area contributed by atoms with Crippen molar-refractivity contribution in [3.8, 4) is 0 Å². The van der Waals surface area contributed by atoms with E-state index in [9.17, 15) is 4.79 Å². The van der Waals surface area contributed by atoms with Crippen LogP contribution < -0.4 is 5.32 Å². The van der Waals surface area contributed by atoms with E-state index in [-0.39, 0.29) is 11.3 Å². The lowest BCUT2D eigenvalue weighted by Crippen LogP contribution is -2.34. The molecule has 0 amide bonds. The largest absolute Gasteiger partial charge is 0.481 e. The van der Waals surface area contributed by atoms with Crippen LogP contribution in [0.2, 0.25) is 0 Å². The molecule has 0 aromatic carbocycles. The number of nitrogens with one attached hydrogen (secondary N) is 1. The zero-order chi connectivity index (χ0) is 13.2. The maximum absolute atomic E-state index is 10.7. The predicted molar refractivity (Wildman–Crippen MR) is 69.4 cm³/mol. The van der Waals surface area contributed by atoms with E-state index in [1.807, 2.05) is 12.1 Å². The van der Waals surface area contributed by atoms with Crippen LogP contribution >= 0.6 is 0 Å². The molecule has 2 unspecified atom stereocenters. The number of hydrogen-bond donors (Lipinski definition) is 2. The SMILES string of the molecule is CC(C)(CNCC1CC1C(=O)O)c1ccncc1. The summed E-state index contributed by atoms with van der Waals surface area (Å²) >= 11 is 0. The number of rotatable bonds is 6. The number of pyridine rings is 1. The molecule has 18 heavy (non-hydrogen) atoms. The van der Waals surface area contributed by atoms with Crippen molar-refractivity contribution in [1.29, 1.82) is 0 Å². The Morgan fingerprint density at radius 2 is 2.17 bits per heavy atom. The summed E-state index contributed by atoms with van der Waals surface area (Å²) in [6.45, 7) is 6.00. The number of carbonyl (C=O) groups is 1. The second kappa shape index (κ2) is 5.06. The van der Waals surface area contributed by atoms with Crippen molar-refractivity contribution in [2.75, 3.05) is 13.1 Å². The van der Waals surface area contributed by atoms with Gasteiger partial charge in [0.1, 0.15) is 0 Å². The fraction of sp³-hybridized carbons (Fsp3) is 0.571. The van der Waals surface area contributed by atoms with Crippen LogP contribution in [0.4, 0.5) is 0 Å². The minimum atomic E-state index is -0.657. The van der Waals surface area contributed by atoms with Crippen LogP contribution in [0, 0.1) is 11.8 Å². The molecule has 1 fully saturated rings. The molecule has 4 heteroatoms. The average Bonchev–Trinajstić information content (AvgIpc) is 3.10. The molecule has 4 nitrogen and oxygen atoms in total. The third-order valence-corrected chi connectivity index (χ3v) is 3.68. The van der Waals surface area contributed by atoms with Crippen molar-refractivity contribution in [2.24, 2.45) is 11.8 Å². The van der Waals surface area contributed by atoms with Crippen molar-refractivity contribution < 1.29 is 9.90 Å². The van der Waals surface area contributed by atoms with E-state index < -0.39 is 5.97 Å². The Kier molecular flexibility index (Phi) is 3.66. The number of hydrogen-bond acceptors (Lipinski definition) is 3. The highest BCUT2D eigenvalue weighted by Gasteiger charge is 2.42. The minimum Gasteiger partial charge on any atom is -0.481 e. The molecule has 1 aromatic rings. The smallest absolute Gasteiger partial charge is 0.306 e. The zero-order valence-electron chi connectivity index (χ0n) is 10.9. The Morgan fingerprint density at radius 3 is 2.72 bits per heavy atom. The molecule has 2 rings (SSSR count). The molecule has 2 N–H and O–H groups in total. The summed E-state index contributed by atoms with van der Waals surface area (Å²) in [7, 11) is 0. The van der Waals surface area contributed by atoms with Gasteiger partial charge in [0, 0.05) is 24.4 Å². The Morgan fingerprint density at radius 1 is 1.50 bits per heavy atom. The van der Waals surface area contributed by atoms with Crippen molar-refractivity contribution in [1.82, 2.24) is 10.3 Å². The van der Waals surface area contributed by atoms with Crippen LogP contribution in [-0.2, 0) is 10.2 Å². The molecule has 0 radical (unpaired) electrons. The number of carboxylic acid groups (broad SMARTS) is 1. The maximum atomic E-state index is 10.7. The lowest BCUT2D eigenvalue weighted by atomic mass is 9.85. The third kappa shape index (κ3) is 3.07. The second-order valence-electron chi connectivity index (χ2n) is 5.69. The van der Waals surface area contributed by atoms with E-state index in [0.717, 1.165) is 19.5 Å². The molecule has 0 saturated heterocycles. The van der Waals surface area contributed by atoms with E-state index in [2.05, 4.69) is 24.1 Å². The van der Waals surface area contributed by atoms with E-state index in [0.29, 0.717) is 5.92 Å². The highest BCUT2D eigenvalue weighted by Crippen LogP contribution is 2.38. The van der Waals surface area contributed by atoms with Crippen molar-refractivity contribution >= 4 is 5.97 Å². The standard InChI is InChI=1S/C14H20N2O2/c1-14(2,11-3-5-15-6-4-11)9-16-8-10-7-12(10)13(17)18/h3-6,10,12,16H,7-9H2,1-2H3,(H,17,18). The van der Waals surface area contributed by atoms with E-state index in [1.165, 1.54) is 5.56 Å². The zero-order valence-corrected chi connectivity index (χ0v) is 10.9. The first-order valence-corrected chi connectivity index (χ1v) is 6.35. The highest BCUT2D eigenvalue weighted by molar-refractivity contribution is 5.73. The van der Waals surface area contributed by atoms with E-state index in [1.54, 1.807) is 12.4 Å². The molecule has 0 bridgehead atoms. The van der Waals surface area contributed by atoms with E-state index >= 15 is 0 Å². The molecule has 2 atom stereocenters. The van der Waals surface area contributed by atoms with Gasteiger partial charge in [-0.1, -0.05) is 13.8 Å². The Hall–Kier alpha value is -1.42. The second-order valence-corrected chi connectivity index (χ2v) is 5.69. The Balaban J connectivity index is 1.78. The van der Waals surface area contributed by atoms with Gasteiger partial charge in [-0.05, 0) is 36.6 Å². The van der Waals surface area contributed by atoms with Gasteiger partial charge in [0.05, 0.1) is 5.92 Å². The van der Waals surface area contributed by atoms with Crippen molar-refractivity contribution in [3.63, 3.8) is 0 Å². The minimum absolute atomic E-state index is 0.0382. The summed E-state index contributed by atoms with van der Waals surface area (Å²) in [6, 6.07) is 4.05. The molecule has 1 aliphatic carbocycles. The van der Waals surface area contributed by atoms with Crippen LogP contribution in [0.1, 0.15) is 25.8 Å². The average molecular weight is 248 g/mol. The first-order chi connectivity index (χ1) is 8.50. The summed E-state index contributed by atoms with van der Waals surface area (Å²) in [5.74, 6) is -0.465. The molecule has 1 saturated carbocycles. The number of aromatic nitrogens is 1. The summed E-state index contributed by atoms with van der Waals surface area (Å²) in [5, 5.41) is 12.2. The van der Waals surface area contributed by atoms with Gasteiger partial charge in [-0.15, -0.1) is 0 Å². The first-order valence-electron chi connectivity index (χ1n) is 6.35. The van der Waals surface area contributed by atoms with Gasteiger partial charge >= 0.3 is 5.97 Å². The van der Waals surface area contributed by atoms with E-state index in [4.69, 9.17) is 5.11 Å². The lowest BCUT2D eigenvalue weighted by molar-refractivity contribution is -0.138. The van der Waals surface area contributed by atoms with Gasteiger partial charge in [-0.2, -0.15) is 0 Å². The van der Waals surface area contributed by atoms with Gasteiger partial charge in [0.15, 0.2) is 0 Å². The lowest BCUT2D eigenvalue weighted by Gasteiger charge is -2.25. The first kappa shape index (κ1) is 13.0. The van der Waals surface area contributed by atoms with Gasteiger partial charge in [0.2, 0.25) is 0 Å². The molecule has 0 spiro atoms. The van der Waals surface area contributed by atoms with Crippen LogP contribution in [0.3, 0.4) is 0 Å². The molecular formula is C14H20N2O2. The quantitative estimate of drug-likeness (QED) is 0.804. The van der Waals surface area contributed by atoms with Crippen LogP contribution in [0.25, 0.3) is 0 Å². The normalized spacial score (nSPS) is 22.8. The fourth-order valence-electron chi connectivity index (χ4n) is 2.25. The molecule has 1 heterocycles. The third-order valence-electron chi connectivity index (χ3n) is 3.68. The topological polar surface area (TPSA) is 62.2 Å². The highest BCUT2D eigenvalue weighted by atomic mass is 16.4. The number of carboxylic acids is 1. The van der Waals surface area contributed by atoms with Gasteiger partial charge < -0.3 is 10.4 Å². The summed E-state index contributed by atoms with van der Waals surface area (Å²) in [6.07, 6.45) is 4.43. The Bertz CT molecular complexity index is 417.